The van der Waals surface area contributed by atoms with Crippen LogP contribution in [0.4, 0.5) is 0 Å². The molecule has 608 valence electrons. The molecule has 3 atom stereocenters. The summed E-state index contributed by atoms with van der Waals surface area (Å²) in [5.74, 6) is 12.5. The Balaban J connectivity index is -0.000000517. The molecule has 0 N–H and O–H groups in total. The molecule has 2 saturated heterocycles. The van der Waals surface area contributed by atoms with E-state index in [0.29, 0.717) is 12.2 Å². The van der Waals surface area contributed by atoms with Crippen LogP contribution < -0.4 is 0 Å². The van der Waals surface area contributed by atoms with Crippen LogP contribution in [0, 0.1) is 76.4 Å². The predicted octanol–water partition coefficient (Wildman–Crippen LogP) is 30.3. The summed E-state index contributed by atoms with van der Waals surface area (Å²) >= 11 is 0. The topological polar surface area (TPSA) is 36.9 Å². The lowest BCUT2D eigenvalue weighted by Crippen LogP contribution is -2.82. The average Bonchev–Trinajstić information content (AvgIpc) is 1.07. The number of hydrogen-bond donors (Lipinski definition) is 0. The first-order valence-corrected chi connectivity index (χ1v) is 85.4. The molecule has 0 spiro atoms. The van der Waals surface area contributed by atoms with Crippen LogP contribution in [0.3, 0.4) is 0 Å². The van der Waals surface area contributed by atoms with Crippen molar-refractivity contribution >= 4 is 83.0 Å². The molecule has 3 unspecified atom stereocenters. The zero-order valence-corrected chi connectivity index (χ0v) is 89.5. The quantitative estimate of drug-likeness (QED) is 0.107. The fraction of sp³-hybridized carbons (Fsp3) is 1.00. The molecule has 0 aromatic rings. The van der Waals surface area contributed by atoms with Crippen LogP contribution in [-0.4, -0.2) is 130 Å². The van der Waals surface area contributed by atoms with Gasteiger partial charge in [-0.05, 0) is 160 Å². The van der Waals surface area contributed by atoms with Gasteiger partial charge in [-0.2, -0.15) is 0 Å². The Morgan fingerprint density at radius 3 is 0.830 bits per heavy atom. The lowest BCUT2D eigenvalue weighted by atomic mass is 9.52. The molecule has 2 heterocycles. The maximum Gasteiger partial charge on any atom is 0.145 e. The lowest BCUT2D eigenvalue weighted by molar-refractivity contribution is -0.0282. The molecule has 7 saturated carbocycles. The minimum Gasteiger partial charge on any atom is -0.381 e. The van der Waals surface area contributed by atoms with E-state index in [0.717, 1.165) is 103 Å². The van der Waals surface area contributed by atoms with E-state index in [1.165, 1.54) is 89.1 Å². The van der Waals surface area contributed by atoms with Gasteiger partial charge in [0.25, 0.3) is 0 Å². The van der Waals surface area contributed by atoms with Crippen LogP contribution in [0.5, 0.6) is 0 Å². The molecule has 15 heteroatoms. The number of fused-ring (bicyclic) bond motifs is 2. The molecule has 9 fully saturated rings. The number of hydrogen-bond acceptors (Lipinski definition) is 4. The first-order valence-electron chi connectivity index (χ1n) is 43.0. The second-order valence-corrected chi connectivity index (χ2v) is 146. The highest BCUT2D eigenvalue weighted by atomic mass is 29.9. The molecular weight excluding hydrogens is 1390 g/mol. The highest BCUT2D eigenvalue weighted by Gasteiger charge is 2.61. The van der Waals surface area contributed by atoms with E-state index in [4.69, 9.17) is 9.47 Å². The Hall–Kier alpha value is 2.23. The van der Waals surface area contributed by atoms with E-state index in [2.05, 4.69) is 297 Å². The summed E-state index contributed by atoms with van der Waals surface area (Å²) in [6, 6.07) is 6.11. The molecule has 9 rings (SSSR count). The second kappa shape index (κ2) is 49.6. The molecule has 0 aromatic carbocycles. The van der Waals surface area contributed by atoms with Crippen molar-refractivity contribution in [2.75, 3.05) is 47.4 Å². The highest BCUT2D eigenvalue weighted by Crippen LogP contribution is 2.60. The number of rotatable bonds is 17. The standard InChI is InChI=1S/C14H38Si4.C11H32Si4.C11H18.C10H18.C8H20Si.C6H16Si.C5H10O.C5H14Si.C4H8O.C4H8.C4H10.C3H8O2/c1-14(2)12-13-18(15(3,4)5,16(6,7)8)17(9,10)11;1-11-15(12(2,3)4,13(5,6)7)14(8,9)10;1-7-10-3-8-2-9(5-10)6-11(7)4-8;1-7-6-8-4-5-9(7)10(8,2)3;1-8(2)6-7-9(3,4)5;1-6(2)7(3,4)5;1-2-4-6-5-3-1;1-5-6(2,3)4;1-2-4-5-3-1;1-4-2-3-4;1-4(2)3;1-4-3-5-2/h14H,12-13H2,1-11H3;11H2,1-10H3;7-11H,2-6H2,1H3;7-9H,4-6H2,1-3H3;8H,6-7H2,1-5H3;6H,1-5H3;1-5H2;5H2,1-4H3;1-4H2;4H,2-3H2,1H3;4H,1-3H3;3H2,1-2H3. The van der Waals surface area contributed by atoms with Gasteiger partial charge in [-0.15, -0.1) is 0 Å². The maximum absolute atomic E-state index is 5.07. The summed E-state index contributed by atoms with van der Waals surface area (Å²) in [6.45, 7) is 110. The van der Waals surface area contributed by atoms with Gasteiger partial charge in [0.05, 0.1) is 0 Å². The molecule has 4 nitrogen and oxygen atoms in total. The normalized spacial score (nSPS) is 24.0. The third kappa shape index (κ3) is 44.3. The molecule has 9 aliphatic rings. The Morgan fingerprint density at radius 1 is 0.400 bits per heavy atom. The third-order valence-corrected chi connectivity index (χ3v) is 183. The van der Waals surface area contributed by atoms with Crippen molar-refractivity contribution in [2.24, 2.45) is 76.4 Å². The summed E-state index contributed by atoms with van der Waals surface area (Å²) in [7, 11) is -4.79. The molecule has 0 aromatic heterocycles. The van der Waals surface area contributed by atoms with Crippen LogP contribution >= 0.6 is 0 Å². The zero-order valence-electron chi connectivity index (χ0n) is 78.5. The zero-order chi connectivity index (χ0) is 79.7. The van der Waals surface area contributed by atoms with Gasteiger partial charge in [0.1, 0.15) is 6.79 Å². The summed E-state index contributed by atoms with van der Waals surface area (Å²) in [5, 5.41) is 0. The first kappa shape index (κ1) is 109. The summed E-state index contributed by atoms with van der Waals surface area (Å²) in [4.78, 5) is 0. The van der Waals surface area contributed by atoms with Crippen LogP contribution in [0.2, 0.25) is 206 Å². The second-order valence-electron chi connectivity index (χ2n) is 45.8. The molecule has 7 aliphatic carbocycles. The van der Waals surface area contributed by atoms with Gasteiger partial charge in [-0.1, -0.05) is 343 Å². The molecule has 0 amide bonds. The molecular formula is C85H200O4Si11. The minimum absolute atomic E-state index is 0.389. The van der Waals surface area contributed by atoms with Gasteiger partial charge in [-0.3, -0.25) is 0 Å². The van der Waals surface area contributed by atoms with Crippen molar-refractivity contribution in [3.63, 3.8) is 0 Å². The minimum atomic E-state index is -1.05. The highest BCUT2D eigenvalue weighted by molar-refractivity contribution is 7.90. The molecule has 0 radical (unpaired) electrons. The average molecular weight is 1600 g/mol. The summed E-state index contributed by atoms with van der Waals surface area (Å²) in [5.41, 5.74) is 1.63. The van der Waals surface area contributed by atoms with Gasteiger partial charge in [0, 0.05) is 124 Å². The molecule has 100 heavy (non-hydrogen) atoms. The predicted molar refractivity (Wildman–Crippen MR) is 499 cm³/mol. The molecule has 6 bridgehead atoms. The van der Waals surface area contributed by atoms with Crippen molar-refractivity contribution in [3.05, 3.63) is 0 Å². The van der Waals surface area contributed by atoms with E-state index < -0.39 is 83.0 Å². The lowest BCUT2D eigenvalue weighted by Gasteiger charge is -2.58. The fourth-order valence-corrected chi connectivity index (χ4v) is 221. The Bertz CT molecular complexity index is 1850. The SMILES string of the molecule is C1CCOC1.C1CCOCC1.CC(C)C.CC(C)CC[Si](C)(C)C.CC(C)CC[Si]([Si](C)(C)C)([Si](C)(C)C)[Si](C)(C)C.CC(C)[Si](C)(C)C.CC1C2CC3CC(C2)CC1C3.CC1CC1.CC1CC2CCC1C2(C)C.CC[Si](C)(C)C.CC[Si]([Si](C)(C)C)([Si](C)(C)C)[Si](C)(C)C.COCOC. The van der Waals surface area contributed by atoms with Crippen LogP contribution in [0.15, 0.2) is 0 Å². The van der Waals surface area contributed by atoms with Gasteiger partial charge in [0.15, 0.2) is 0 Å². The Labute approximate surface area is 647 Å². The Kier molecular flexibility index (Phi) is 53.8. The maximum atomic E-state index is 5.07. The van der Waals surface area contributed by atoms with Crippen LogP contribution in [-0.2, 0) is 18.9 Å². The molecule has 2 aliphatic heterocycles. The van der Waals surface area contributed by atoms with E-state index in [1.54, 1.807) is 58.4 Å². The Morgan fingerprint density at radius 2 is 0.700 bits per heavy atom. The van der Waals surface area contributed by atoms with E-state index in [-0.39, 0.29) is 0 Å². The van der Waals surface area contributed by atoms with Crippen molar-refractivity contribution in [1.29, 1.82) is 0 Å². The van der Waals surface area contributed by atoms with Gasteiger partial charge >= 0.3 is 0 Å². The number of methoxy groups -OCH3 is 2. The first-order chi connectivity index (χ1) is 44.9. The van der Waals surface area contributed by atoms with E-state index in [9.17, 15) is 0 Å². The van der Waals surface area contributed by atoms with Crippen molar-refractivity contribution < 1.29 is 18.9 Å². The van der Waals surface area contributed by atoms with E-state index in [1.807, 2.05) is 0 Å². The largest absolute Gasteiger partial charge is 0.381 e. The van der Waals surface area contributed by atoms with Crippen LogP contribution in [0.25, 0.3) is 0 Å². The van der Waals surface area contributed by atoms with E-state index >= 15 is 0 Å². The van der Waals surface area contributed by atoms with Crippen molar-refractivity contribution in [1.82, 2.24) is 0 Å². The van der Waals surface area contributed by atoms with Crippen molar-refractivity contribution in [3.8, 4) is 0 Å². The van der Waals surface area contributed by atoms with Gasteiger partial charge < -0.3 is 18.9 Å². The van der Waals surface area contributed by atoms with Crippen molar-refractivity contribution in [2.45, 2.75) is 426 Å². The van der Waals surface area contributed by atoms with Crippen LogP contribution in [0.1, 0.15) is 220 Å². The summed E-state index contributed by atoms with van der Waals surface area (Å²) < 4.78 is 19.0. The number of ether oxygens (including phenoxy) is 4. The monoisotopic (exact) mass is 1590 g/mol. The van der Waals surface area contributed by atoms with Gasteiger partial charge in [-0.25, -0.2) is 0 Å². The summed E-state index contributed by atoms with van der Waals surface area (Å²) in [6.07, 6.45) is 24.9. The fourth-order valence-electron chi connectivity index (χ4n) is 19.9. The van der Waals surface area contributed by atoms with Gasteiger partial charge in [0.2, 0.25) is 0 Å². The smallest absolute Gasteiger partial charge is 0.145 e. The third-order valence-electron chi connectivity index (χ3n) is 25.5.